The predicted molar refractivity (Wildman–Crippen MR) is 201 cm³/mol. The molecule has 0 bridgehead atoms. The molecule has 0 saturated carbocycles. The summed E-state index contributed by atoms with van der Waals surface area (Å²) in [4.78, 5) is 3.51. The fourth-order valence-corrected chi connectivity index (χ4v) is 6.86. The molecule has 0 aromatic heterocycles. The fourth-order valence-electron chi connectivity index (χ4n) is 6.86. The van der Waals surface area contributed by atoms with Crippen LogP contribution in [0, 0.1) is 6.57 Å². The molecule has 0 N–H and O–H groups in total. The zero-order valence-electron chi connectivity index (χ0n) is 25.9. The first-order chi connectivity index (χ1) is 23.3. The van der Waals surface area contributed by atoms with Gasteiger partial charge < -0.3 is 0 Å². The standard InChI is InChI=1S/C46H31N/c1-47-39-28-25-34(26-29-39)38-17-10-13-33(31-38)12-9-11-32-21-23-37(24-22-32)44-41-19-7-8-20-42(41)45(36-15-3-2-4-16-36)46-40-18-6-5-14-35(40)27-30-43(44)46/h2-11,13-31H,12H2/b11-9+. The molecule has 0 radical (unpaired) electrons. The van der Waals surface area contributed by atoms with Gasteiger partial charge in [0.2, 0.25) is 0 Å². The van der Waals surface area contributed by atoms with Gasteiger partial charge in [-0.05, 0) is 83.2 Å². The van der Waals surface area contributed by atoms with Gasteiger partial charge in [0.15, 0.2) is 5.69 Å². The average Bonchev–Trinajstić information content (AvgIpc) is 3.14. The Kier molecular flexibility index (Phi) is 7.38. The third-order valence-corrected chi connectivity index (χ3v) is 9.10. The maximum absolute atomic E-state index is 7.20. The molecule has 0 aliphatic rings. The van der Waals surface area contributed by atoms with Crippen LogP contribution in [0.4, 0.5) is 5.69 Å². The zero-order valence-corrected chi connectivity index (χ0v) is 25.9. The van der Waals surface area contributed by atoms with Crippen LogP contribution in [-0.2, 0) is 6.42 Å². The number of fused-ring (bicyclic) bond motifs is 4. The predicted octanol–water partition coefficient (Wildman–Crippen LogP) is 13.0. The first kappa shape index (κ1) is 28.3. The van der Waals surface area contributed by atoms with Crippen LogP contribution in [-0.4, -0.2) is 0 Å². The van der Waals surface area contributed by atoms with Crippen molar-refractivity contribution in [2.45, 2.75) is 6.42 Å². The molecule has 0 fully saturated rings. The average molecular weight is 598 g/mol. The molecule has 0 saturated heterocycles. The number of benzene rings is 8. The van der Waals surface area contributed by atoms with Gasteiger partial charge in [-0.25, -0.2) is 4.85 Å². The quantitative estimate of drug-likeness (QED) is 0.102. The Morgan fingerprint density at radius 3 is 1.87 bits per heavy atom. The monoisotopic (exact) mass is 597 g/mol. The van der Waals surface area contributed by atoms with E-state index in [1.165, 1.54) is 71.3 Å². The molecule has 1 nitrogen and oxygen atoms in total. The van der Waals surface area contributed by atoms with E-state index in [-0.39, 0.29) is 0 Å². The summed E-state index contributed by atoms with van der Waals surface area (Å²) in [5.41, 5.74) is 10.4. The minimum atomic E-state index is 0.665. The Morgan fingerprint density at radius 1 is 0.468 bits per heavy atom. The van der Waals surface area contributed by atoms with Crippen LogP contribution in [0.5, 0.6) is 0 Å². The van der Waals surface area contributed by atoms with E-state index in [4.69, 9.17) is 6.57 Å². The number of hydrogen-bond acceptors (Lipinski definition) is 0. The van der Waals surface area contributed by atoms with Gasteiger partial charge in [0.05, 0.1) is 6.57 Å². The summed E-state index contributed by atoms with van der Waals surface area (Å²) in [5.74, 6) is 0. The van der Waals surface area contributed by atoms with Crippen molar-refractivity contribution >= 4 is 44.1 Å². The van der Waals surface area contributed by atoms with Gasteiger partial charge in [-0.1, -0.05) is 176 Å². The van der Waals surface area contributed by atoms with Crippen molar-refractivity contribution in [3.05, 3.63) is 192 Å². The zero-order chi connectivity index (χ0) is 31.6. The molecular formula is C46H31N. The summed E-state index contributed by atoms with van der Waals surface area (Å²) < 4.78 is 0. The molecule has 0 aliphatic heterocycles. The Labute approximate surface area is 275 Å². The Hall–Kier alpha value is -6.23. The van der Waals surface area contributed by atoms with Crippen LogP contribution >= 0.6 is 0 Å². The second-order valence-corrected chi connectivity index (χ2v) is 12.0. The van der Waals surface area contributed by atoms with Crippen LogP contribution in [0.3, 0.4) is 0 Å². The molecule has 0 amide bonds. The molecule has 220 valence electrons. The highest BCUT2D eigenvalue weighted by molar-refractivity contribution is 6.27. The van der Waals surface area contributed by atoms with Gasteiger partial charge in [-0.2, -0.15) is 0 Å². The largest absolute Gasteiger partial charge is 0.238 e. The first-order valence-electron chi connectivity index (χ1n) is 16.0. The van der Waals surface area contributed by atoms with Crippen molar-refractivity contribution in [3.63, 3.8) is 0 Å². The lowest BCUT2D eigenvalue weighted by atomic mass is 9.84. The van der Waals surface area contributed by atoms with Crippen molar-refractivity contribution in [1.29, 1.82) is 0 Å². The lowest BCUT2D eigenvalue weighted by molar-refractivity contribution is 1.28. The number of nitrogens with zero attached hydrogens (tertiary/aromatic N) is 1. The van der Waals surface area contributed by atoms with Crippen LogP contribution < -0.4 is 0 Å². The SMILES string of the molecule is [C-]#[N+]c1ccc(-c2cccc(C/C=C/c3ccc(-c4c5ccccc5c(-c5ccccc5)c5c4ccc4ccccc45)cc3)c2)cc1. The van der Waals surface area contributed by atoms with Crippen LogP contribution in [0.25, 0.3) is 76.6 Å². The second kappa shape index (κ2) is 12.3. The molecule has 0 aliphatic carbocycles. The summed E-state index contributed by atoms with van der Waals surface area (Å²) in [7, 11) is 0. The highest BCUT2D eigenvalue weighted by Gasteiger charge is 2.18. The van der Waals surface area contributed by atoms with Gasteiger partial charge in [-0.15, -0.1) is 0 Å². The summed E-state index contributed by atoms with van der Waals surface area (Å²) >= 11 is 0. The van der Waals surface area contributed by atoms with Crippen LogP contribution in [0.2, 0.25) is 0 Å². The molecule has 0 heterocycles. The van der Waals surface area contributed by atoms with Crippen LogP contribution in [0.15, 0.2) is 170 Å². The van der Waals surface area contributed by atoms with Crippen molar-refractivity contribution in [2.24, 2.45) is 0 Å². The van der Waals surface area contributed by atoms with E-state index in [1.54, 1.807) is 0 Å². The first-order valence-corrected chi connectivity index (χ1v) is 16.0. The maximum Gasteiger partial charge on any atom is 0.187 e. The van der Waals surface area contributed by atoms with E-state index in [1.807, 2.05) is 24.3 Å². The summed E-state index contributed by atoms with van der Waals surface area (Å²) in [6.45, 7) is 7.20. The van der Waals surface area contributed by atoms with Crippen molar-refractivity contribution in [3.8, 4) is 33.4 Å². The minimum Gasteiger partial charge on any atom is -0.238 e. The van der Waals surface area contributed by atoms with Gasteiger partial charge >= 0.3 is 0 Å². The molecule has 0 unspecified atom stereocenters. The van der Waals surface area contributed by atoms with Crippen molar-refractivity contribution in [2.75, 3.05) is 0 Å². The highest BCUT2D eigenvalue weighted by atomic mass is 14.6. The van der Waals surface area contributed by atoms with Gasteiger partial charge in [0, 0.05) is 0 Å². The van der Waals surface area contributed by atoms with Gasteiger partial charge in [-0.3, -0.25) is 0 Å². The van der Waals surface area contributed by atoms with E-state index < -0.39 is 0 Å². The summed E-state index contributed by atoms with van der Waals surface area (Å²) in [5, 5.41) is 7.64. The number of hydrogen-bond donors (Lipinski definition) is 0. The van der Waals surface area contributed by atoms with Crippen molar-refractivity contribution < 1.29 is 0 Å². The smallest absolute Gasteiger partial charge is 0.187 e. The van der Waals surface area contributed by atoms with E-state index in [0.29, 0.717) is 5.69 Å². The molecule has 0 spiro atoms. The summed E-state index contributed by atoms with van der Waals surface area (Å²) in [6.07, 6.45) is 5.30. The van der Waals surface area contributed by atoms with E-state index in [9.17, 15) is 0 Å². The molecule has 47 heavy (non-hydrogen) atoms. The van der Waals surface area contributed by atoms with Crippen LogP contribution in [0.1, 0.15) is 11.1 Å². The molecule has 0 atom stereocenters. The van der Waals surface area contributed by atoms with Crippen molar-refractivity contribution in [1.82, 2.24) is 0 Å². The lowest BCUT2D eigenvalue weighted by Gasteiger charge is -2.19. The van der Waals surface area contributed by atoms with E-state index in [2.05, 4.69) is 157 Å². The molecule has 8 aromatic carbocycles. The highest BCUT2D eigenvalue weighted by Crippen LogP contribution is 2.46. The number of allylic oxidation sites excluding steroid dienone is 1. The lowest BCUT2D eigenvalue weighted by Crippen LogP contribution is -1.92. The molecule has 1 heteroatoms. The summed E-state index contributed by atoms with van der Waals surface area (Å²) in [6, 6.07) is 58.4. The topological polar surface area (TPSA) is 4.36 Å². The van der Waals surface area contributed by atoms with Gasteiger partial charge in [0.1, 0.15) is 0 Å². The maximum atomic E-state index is 7.20. The Morgan fingerprint density at radius 2 is 1.11 bits per heavy atom. The normalized spacial score (nSPS) is 11.4. The Balaban J connectivity index is 1.17. The molecule has 8 aromatic rings. The minimum absolute atomic E-state index is 0.665. The van der Waals surface area contributed by atoms with Gasteiger partial charge in [0.25, 0.3) is 0 Å². The Bertz CT molecular complexity index is 2460. The second-order valence-electron chi connectivity index (χ2n) is 12.0. The third kappa shape index (κ3) is 5.37. The molecular weight excluding hydrogens is 567 g/mol. The third-order valence-electron chi connectivity index (χ3n) is 9.10. The number of rotatable bonds is 6. The fraction of sp³-hybridized carbons (Fsp3) is 0.0217. The van der Waals surface area contributed by atoms with E-state index in [0.717, 1.165) is 12.0 Å². The molecule has 8 rings (SSSR count). The van der Waals surface area contributed by atoms with E-state index >= 15 is 0 Å².